The van der Waals surface area contributed by atoms with Crippen LogP contribution in [-0.4, -0.2) is 24.5 Å². The maximum atomic E-state index is 5.66. The van der Waals surface area contributed by atoms with Crippen LogP contribution in [0.4, 0.5) is 5.95 Å². The van der Waals surface area contributed by atoms with Crippen LogP contribution in [0.1, 0.15) is 31.5 Å². The van der Waals surface area contributed by atoms with Gasteiger partial charge in [0.15, 0.2) is 0 Å². The molecule has 3 aromatic heterocycles. The lowest BCUT2D eigenvalue weighted by molar-refractivity contribution is 0.413. The monoisotopic (exact) mass is 454 g/mol. The number of hydrogen-bond donors (Lipinski definition) is 1. The van der Waals surface area contributed by atoms with Crippen LogP contribution in [-0.2, 0) is 5.54 Å². The Kier molecular flexibility index (Phi) is 5.01. The highest BCUT2D eigenvalue weighted by Crippen LogP contribution is 2.40. The first-order chi connectivity index (χ1) is 15.7. The third kappa shape index (κ3) is 3.78. The van der Waals surface area contributed by atoms with Crippen LogP contribution in [0.5, 0.6) is 0 Å². The second-order valence-corrected chi connectivity index (χ2v) is 10.4. The van der Waals surface area contributed by atoms with Crippen LogP contribution >= 0.6 is 11.3 Å². The van der Waals surface area contributed by atoms with Crippen molar-refractivity contribution in [3.05, 3.63) is 65.6 Å². The Hall–Kier alpha value is -3.58. The number of rotatable bonds is 3. The summed E-state index contributed by atoms with van der Waals surface area (Å²) in [6.45, 7) is 10.8. The highest BCUT2D eigenvalue weighted by atomic mass is 32.1. The molecule has 0 amide bonds. The lowest BCUT2D eigenvalue weighted by atomic mass is 10.0. The molecule has 5 aromatic rings. The summed E-state index contributed by atoms with van der Waals surface area (Å²) in [4.78, 5) is 19.3. The number of fused-ring (bicyclic) bond motifs is 1. The summed E-state index contributed by atoms with van der Waals surface area (Å²) in [6, 6.07) is 14.8. The third-order valence-corrected chi connectivity index (χ3v) is 6.75. The molecule has 33 heavy (non-hydrogen) atoms. The summed E-state index contributed by atoms with van der Waals surface area (Å²) in [5.74, 6) is 1.22. The van der Waals surface area contributed by atoms with Crippen molar-refractivity contribution >= 4 is 28.3 Å². The first-order valence-electron chi connectivity index (χ1n) is 10.9. The summed E-state index contributed by atoms with van der Waals surface area (Å²) in [5.41, 5.74) is 12.8. The molecule has 0 aliphatic heterocycles. The third-order valence-electron chi connectivity index (χ3n) is 5.65. The first kappa shape index (κ1) is 21.3. The SMILES string of the molecule is Cc1nc(C)c(-c2ccccc2-c2nc3cc(-c4cnc(N)nc4)ccc3n2C(C)(C)C)s1. The van der Waals surface area contributed by atoms with E-state index in [1.165, 1.54) is 4.88 Å². The molecule has 0 fully saturated rings. The van der Waals surface area contributed by atoms with E-state index in [0.717, 1.165) is 49.8 Å². The van der Waals surface area contributed by atoms with Crippen molar-refractivity contribution in [2.24, 2.45) is 0 Å². The standard InChI is InChI=1S/C26H26N6S/c1-15-23(33-16(2)30-15)19-8-6-7-9-20(19)24-31-21-12-17(18-13-28-25(27)29-14-18)10-11-22(21)32(24)26(3,4)5/h6-14H,1-5H3,(H2,27,28,29). The lowest BCUT2D eigenvalue weighted by Crippen LogP contribution is -2.22. The zero-order valence-corrected chi connectivity index (χ0v) is 20.2. The molecule has 5 rings (SSSR count). The molecular formula is C26H26N6S. The molecule has 0 atom stereocenters. The van der Waals surface area contributed by atoms with Gasteiger partial charge in [0.25, 0.3) is 0 Å². The molecule has 6 nitrogen and oxygen atoms in total. The second-order valence-electron chi connectivity index (χ2n) is 9.17. The molecule has 3 heterocycles. The van der Waals surface area contributed by atoms with Crippen LogP contribution in [0.3, 0.4) is 0 Å². The van der Waals surface area contributed by atoms with Crippen LogP contribution in [0.25, 0.3) is 44.0 Å². The summed E-state index contributed by atoms with van der Waals surface area (Å²) in [7, 11) is 0. The fourth-order valence-electron chi connectivity index (χ4n) is 4.26. The maximum Gasteiger partial charge on any atom is 0.219 e. The molecule has 0 aliphatic rings. The molecule has 0 radical (unpaired) electrons. The summed E-state index contributed by atoms with van der Waals surface area (Å²) in [6.07, 6.45) is 3.49. The number of imidazole rings is 1. The van der Waals surface area contributed by atoms with Crippen molar-refractivity contribution in [2.45, 2.75) is 40.2 Å². The Balaban J connectivity index is 1.75. The number of nitrogens with zero attached hydrogens (tertiary/aromatic N) is 5. The summed E-state index contributed by atoms with van der Waals surface area (Å²) in [5, 5.41) is 1.07. The lowest BCUT2D eigenvalue weighted by Gasteiger charge is -2.25. The predicted molar refractivity (Wildman–Crippen MR) is 136 cm³/mol. The Labute approximate surface area is 197 Å². The van der Waals surface area contributed by atoms with Gasteiger partial charge in [-0.3, -0.25) is 0 Å². The zero-order valence-electron chi connectivity index (χ0n) is 19.4. The molecule has 0 unspecified atom stereocenters. The van der Waals surface area contributed by atoms with Crippen molar-refractivity contribution in [3.63, 3.8) is 0 Å². The number of aromatic nitrogens is 5. The van der Waals surface area contributed by atoms with Gasteiger partial charge in [0, 0.05) is 34.6 Å². The van der Waals surface area contributed by atoms with Gasteiger partial charge in [0.05, 0.1) is 26.6 Å². The number of nitrogen functional groups attached to an aromatic ring is 1. The van der Waals surface area contributed by atoms with Crippen molar-refractivity contribution in [3.8, 4) is 33.0 Å². The highest BCUT2D eigenvalue weighted by molar-refractivity contribution is 7.15. The van der Waals surface area contributed by atoms with E-state index < -0.39 is 0 Å². The highest BCUT2D eigenvalue weighted by Gasteiger charge is 2.25. The Morgan fingerprint density at radius 2 is 1.58 bits per heavy atom. The Bertz CT molecular complexity index is 1470. The maximum absolute atomic E-state index is 5.66. The molecule has 0 bridgehead atoms. The van der Waals surface area contributed by atoms with E-state index in [1.807, 2.05) is 0 Å². The number of nitrogens with two attached hydrogens (primary N) is 1. The molecule has 0 saturated heterocycles. The van der Waals surface area contributed by atoms with Crippen molar-refractivity contribution in [1.82, 2.24) is 24.5 Å². The number of thiazole rings is 1. The number of hydrogen-bond acceptors (Lipinski definition) is 6. The topological polar surface area (TPSA) is 82.5 Å². The van der Waals surface area contributed by atoms with Gasteiger partial charge in [-0.1, -0.05) is 30.3 Å². The molecule has 0 spiro atoms. The van der Waals surface area contributed by atoms with Gasteiger partial charge in [0.2, 0.25) is 5.95 Å². The predicted octanol–water partition coefficient (Wildman–Crippen LogP) is 6.24. The van der Waals surface area contributed by atoms with E-state index in [4.69, 9.17) is 10.7 Å². The van der Waals surface area contributed by atoms with Gasteiger partial charge in [-0.15, -0.1) is 11.3 Å². The minimum absolute atomic E-state index is 0.165. The molecule has 0 saturated carbocycles. The van der Waals surface area contributed by atoms with Crippen LogP contribution in [0.2, 0.25) is 0 Å². The summed E-state index contributed by atoms with van der Waals surface area (Å²) < 4.78 is 2.33. The zero-order chi connectivity index (χ0) is 23.3. The van der Waals surface area contributed by atoms with E-state index in [-0.39, 0.29) is 11.5 Å². The second kappa shape index (κ2) is 7.78. The fourth-order valence-corrected chi connectivity index (χ4v) is 5.22. The smallest absolute Gasteiger partial charge is 0.219 e. The molecule has 166 valence electrons. The van der Waals surface area contributed by atoms with E-state index in [2.05, 4.69) is 96.6 Å². The normalized spacial score (nSPS) is 11.9. The summed E-state index contributed by atoms with van der Waals surface area (Å²) >= 11 is 1.73. The van der Waals surface area contributed by atoms with Crippen LogP contribution < -0.4 is 5.73 Å². The Morgan fingerprint density at radius 3 is 2.21 bits per heavy atom. The van der Waals surface area contributed by atoms with Crippen molar-refractivity contribution in [2.75, 3.05) is 5.73 Å². The minimum atomic E-state index is -0.165. The van der Waals surface area contributed by atoms with Crippen LogP contribution in [0, 0.1) is 13.8 Å². The van der Waals surface area contributed by atoms with Gasteiger partial charge >= 0.3 is 0 Å². The van der Waals surface area contributed by atoms with Gasteiger partial charge in [-0.2, -0.15) is 0 Å². The van der Waals surface area contributed by atoms with Gasteiger partial charge in [0.1, 0.15) is 5.82 Å². The molecule has 0 aliphatic carbocycles. The first-order valence-corrected chi connectivity index (χ1v) is 11.7. The average molecular weight is 455 g/mol. The van der Waals surface area contributed by atoms with Gasteiger partial charge in [-0.25, -0.2) is 19.9 Å². The van der Waals surface area contributed by atoms with E-state index in [9.17, 15) is 0 Å². The number of benzene rings is 2. The molecular weight excluding hydrogens is 428 g/mol. The quantitative estimate of drug-likeness (QED) is 0.349. The molecule has 2 aromatic carbocycles. The van der Waals surface area contributed by atoms with Crippen molar-refractivity contribution in [1.29, 1.82) is 0 Å². The largest absolute Gasteiger partial charge is 0.368 e. The fraction of sp³-hybridized carbons (Fsp3) is 0.231. The van der Waals surface area contributed by atoms with E-state index in [0.29, 0.717) is 0 Å². The van der Waals surface area contributed by atoms with Gasteiger partial charge in [-0.05, 0) is 52.3 Å². The average Bonchev–Trinajstić information content (AvgIpc) is 3.33. The molecule has 7 heteroatoms. The van der Waals surface area contributed by atoms with Crippen LogP contribution in [0.15, 0.2) is 54.9 Å². The number of anilines is 1. The van der Waals surface area contributed by atoms with Gasteiger partial charge < -0.3 is 10.3 Å². The molecule has 2 N–H and O–H groups in total. The minimum Gasteiger partial charge on any atom is -0.368 e. The van der Waals surface area contributed by atoms with E-state index >= 15 is 0 Å². The Morgan fingerprint density at radius 1 is 0.879 bits per heavy atom. The number of aryl methyl sites for hydroxylation is 2. The van der Waals surface area contributed by atoms with Crippen molar-refractivity contribution < 1.29 is 0 Å². The van der Waals surface area contributed by atoms with E-state index in [1.54, 1.807) is 23.7 Å².